The van der Waals surface area contributed by atoms with Crippen LogP contribution in [-0.2, 0) is 19.1 Å². The molecular formula is C18H26O4. The van der Waals surface area contributed by atoms with Crippen molar-refractivity contribution in [1.82, 2.24) is 0 Å². The third kappa shape index (κ3) is 3.53. The molecule has 0 aromatic rings. The summed E-state index contributed by atoms with van der Waals surface area (Å²) >= 11 is 0. The number of carbonyl (C=O) groups excluding carboxylic acids is 2. The first-order chi connectivity index (χ1) is 10.7. The van der Waals surface area contributed by atoms with E-state index in [1.54, 1.807) is 0 Å². The van der Waals surface area contributed by atoms with Crippen molar-refractivity contribution in [3.63, 3.8) is 0 Å². The van der Waals surface area contributed by atoms with E-state index < -0.39 is 0 Å². The van der Waals surface area contributed by atoms with Gasteiger partial charge in [-0.3, -0.25) is 4.79 Å². The van der Waals surface area contributed by atoms with E-state index in [9.17, 15) is 9.59 Å². The summed E-state index contributed by atoms with van der Waals surface area (Å²) in [6, 6.07) is 0. The first-order valence-electron chi connectivity index (χ1n) is 8.64. The van der Waals surface area contributed by atoms with Crippen LogP contribution in [0, 0.1) is 23.7 Å². The monoisotopic (exact) mass is 306 g/mol. The second kappa shape index (κ2) is 6.84. The molecule has 22 heavy (non-hydrogen) atoms. The minimum Gasteiger partial charge on any atom is -0.465 e. The summed E-state index contributed by atoms with van der Waals surface area (Å²) in [6.07, 6.45) is 10.3. The largest absolute Gasteiger partial charge is 0.465 e. The molecule has 2 aliphatic carbocycles. The maximum absolute atomic E-state index is 11.4. The first-order valence-corrected chi connectivity index (χ1v) is 8.64. The molecule has 0 aromatic carbocycles. The van der Waals surface area contributed by atoms with Gasteiger partial charge in [-0.05, 0) is 43.4 Å². The lowest BCUT2D eigenvalue weighted by atomic mass is 9.83. The standard InChI is InChI=1S/C18H26O4/c1-2-17(19)22-16-9-13-7-14(15(16)8-13)6-4-3-5-12-10-18(20)21-11-12/h2,12-16H,1,3-11H2. The highest BCUT2D eigenvalue weighted by molar-refractivity contribution is 5.81. The minimum atomic E-state index is -0.276. The molecule has 1 heterocycles. The molecule has 1 aliphatic heterocycles. The van der Waals surface area contributed by atoms with Gasteiger partial charge in [0.1, 0.15) is 6.10 Å². The Hall–Kier alpha value is -1.32. The number of hydrogen-bond donors (Lipinski definition) is 0. The van der Waals surface area contributed by atoms with Gasteiger partial charge in [0, 0.05) is 12.0 Å². The van der Waals surface area contributed by atoms with E-state index in [1.165, 1.54) is 38.2 Å². The predicted molar refractivity (Wildman–Crippen MR) is 81.9 cm³/mol. The van der Waals surface area contributed by atoms with E-state index >= 15 is 0 Å². The van der Waals surface area contributed by atoms with Crippen LogP contribution in [0.15, 0.2) is 12.7 Å². The lowest BCUT2D eigenvalue weighted by Gasteiger charge is -2.29. The molecule has 0 amide bonds. The molecule has 5 unspecified atom stereocenters. The summed E-state index contributed by atoms with van der Waals surface area (Å²) in [5.41, 5.74) is 0. The summed E-state index contributed by atoms with van der Waals surface area (Å²) in [5.74, 6) is 2.15. The highest BCUT2D eigenvalue weighted by atomic mass is 16.5. The molecule has 0 spiro atoms. The van der Waals surface area contributed by atoms with E-state index in [1.807, 2.05) is 0 Å². The number of cyclic esters (lactones) is 1. The number of fused-ring (bicyclic) bond motifs is 2. The zero-order valence-corrected chi connectivity index (χ0v) is 13.2. The Balaban J connectivity index is 1.37. The van der Waals surface area contributed by atoms with Crippen LogP contribution in [0.3, 0.4) is 0 Å². The van der Waals surface area contributed by atoms with Crippen molar-refractivity contribution in [3.05, 3.63) is 12.7 Å². The van der Waals surface area contributed by atoms with Crippen LogP contribution >= 0.6 is 0 Å². The summed E-state index contributed by atoms with van der Waals surface area (Å²) in [5, 5.41) is 0. The molecule has 0 aromatic heterocycles. The van der Waals surface area contributed by atoms with Gasteiger partial charge >= 0.3 is 11.9 Å². The van der Waals surface area contributed by atoms with Crippen molar-refractivity contribution in [2.24, 2.45) is 23.7 Å². The zero-order valence-electron chi connectivity index (χ0n) is 13.2. The first kappa shape index (κ1) is 15.6. The van der Waals surface area contributed by atoms with Crippen molar-refractivity contribution < 1.29 is 19.1 Å². The van der Waals surface area contributed by atoms with Gasteiger partial charge in [0.2, 0.25) is 0 Å². The molecule has 3 fully saturated rings. The van der Waals surface area contributed by atoms with E-state index in [-0.39, 0.29) is 18.0 Å². The van der Waals surface area contributed by atoms with Crippen LogP contribution in [0.5, 0.6) is 0 Å². The van der Waals surface area contributed by atoms with Crippen molar-refractivity contribution in [1.29, 1.82) is 0 Å². The van der Waals surface area contributed by atoms with Gasteiger partial charge < -0.3 is 9.47 Å². The van der Waals surface area contributed by atoms with E-state index in [0.717, 1.165) is 18.8 Å². The third-order valence-corrected chi connectivity index (χ3v) is 5.70. The van der Waals surface area contributed by atoms with Crippen LogP contribution in [0.1, 0.15) is 51.4 Å². The molecule has 1 saturated heterocycles. The average molecular weight is 306 g/mol. The quantitative estimate of drug-likeness (QED) is 0.411. The van der Waals surface area contributed by atoms with Crippen LogP contribution in [0.2, 0.25) is 0 Å². The van der Waals surface area contributed by atoms with Gasteiger partial charge in [0.25, 0.3) is 0 Å². The Bertz CT molecular complexity index is 444. The SMILES string of the molecule is C=CC(=O)OC1CC2CC(CCCCC3COC(=O)C3)C1C2. The van der Waals surface area contributed by atoms with Gasteiger partial charge in [-0.15, -0.1) is 0 Å². The fourth-order valence-corrected chi connectivity index (χ4v) is 4.68. The molecule has 0 radical (unpaired) electrons. The van der Waals surface area contributed by atoms with Crippen LogP contribution < -0.4 is 0 Å². The molecule has 2 bridgehead atoms. The lowest BCUT2D eigenvalue weighted by molar-refractivity contribution is -0.146. The number of hydrogen-bond acceptors (Lipinski definition) is 4. The fraction of sp³-hybridized carbons (Fsp3) is 0.778. The van der Waals surface area contributed by atoms with Crippen molar-refractivity contribution in [3.8, 4) is 0 Å². The molecule has 5 atom stereocenters. The minimum absolute atomic E-state index is 0.0371. The molecule has 122 valence electrons. The van der Waals surface area contributed by atoms with Crippen molar-refractivity contribution in [2.75, 3.05) is 6.61 Å². The Morgan fingerprint density at radius 3 is 2.77 bits per heavy atom. The number of unbranched alkanes of at least 4 members (excludes halogenated alkanes) is 1. The smallest absolute Gasteiger partial charge is 0.330 e. The van der Waals surface area contributed by atoms with Crippen LogP contribution in [0.4, 0.5) is 0 Å². The van der Waals surface area contributed by atoms with E-state index in [0.29, 0.717) is 30.8 Å². The molecule has 3 aliphatic rings. The Morgan fingerprint density at radius 1 is 1.27 bits per heavy atom. The number of carbonyl (C=O) groups is 2. The van der Waals surface area contributed by atoms with Crippen molar-refractivity contribution >= 4 is 11.9 Å². The summed E-state index contributed by atoms with van der Waals surface area (Å²) in [7, 11) is 0. The summed E-state index contributed by atoms with van der Waals surface area (Å²) < 4.78 is 10.5. The number of esters is 2. The molecule has 2 saturated carbocycles. The zero-order chi connectivity index (χ0) is 15.5. The molecule has 3 rings (SSSR count). The molecule has 4 heteroatoms. The highest BCUT2D eigenvalue weighted by Gasteiger charge is 2.47. The fourth-order valence-electron chi connectivity index (χ4n) is 4.68. The normalized spacial score (nSPS) is 36.4. The Morgan fingerprint density at radius 2 is 2.09 bits per heavy atom. The maximum atomic E-state index is 11.4. The maximum Gasteiger partial charge on any atom is 0.330 e. The second-order valence-electron chi connectivity index (χ2n) is 7.21. The van der Waals surface area contributed by atoms with Gasteiger partial charge in [-0.1, -0.05) is 25.8 Å². The second-order valence-corrected chi connectivity index (χ2v) is 7.21. The van der Waals surface area contributed by atoms with Gasteiger partial charge in [-0.2, -0.15) is 0 Å². The molecular weight excluding hydrogens is 280 g/mol. The summed E-state index contributed by atoms with van der Waals surface area (Å²) in [4.78, 5) is 22.5. The Kier molecular flexibility index (Phi) is 4.84. The molecule has 0 N–H and O–H groups in total. The van der Waals surface area contributed by atoms with Gasteiger partial charge in [-0.25, -0.2) is 4.79 Å². The number of ether oxygens (including phenoxy) is 2. The summed E-state index contributed by atoms with van der Waals surface area (Å²) in [6.45, 7) is 4.10. The topological polar surface area (TPSA) is 52.6 Å². The van der Waals surface area contributed by atoms with Crippen molar-refractivity contribution in [2.45, 2.75) is 57.5 Å². The number of rotatable bonds is 7. The van der Waals surface area contributed by atoms with Gasteiger partial charge in [0.15, 0.2) is 0 Å². The van der Waals surface area contributed by atoms with Crippen LogP contribution in [-0.4, -0.2) is 24.6 Å². The lowest BCUT2D eigenvalue weighted by Crippen LogP contribution is -2.29. The highest BCUT2D eigenvalue weighted by Crippen LogP contribution is 2.51. The van der Waals surface area contributed by atoms with Crippen LogP contribution in [0.25, 0.3) is 0 Å². The molecule has 4 nitrogen and oxygen atoms in total. The average Bonchev–Trinajstić information content (AvgIpc) is 3.19. The van der Waals surface area contributed by atoms with Gasteiger partial charge in [0.05, 0.1) is 13.0 Å². The van der Waals surface area contributed by atoms with E-state index in [4.69, 9.17) is 9.47 Å². The predicted octanol–water partition coefficient (Wildman–Crippen LogP) is 3.25. The third-order valence-electron chi connectivity index (χ3n) is 5.70. The van der Waals surface area contributed by atoms with E-state index in [2.05, 4.69) is 6.58 Å². The Labute approximate surface area is 132 Å².